The monoisotopic (exact) mass is 323 g/mol. The van der Waals surface area contributed by atoms with E-state index in [9.17, 15) is 4.79 Å². The Morgan fingerprint density at radius 2 is 1.52 bits per heavy atom. The number of esters is 1. The summed E-state index contributed by atoms with van der Waals surface area (Å²) in [6.07, 6.45) is -0.236. The number of ether oxygens (including phenoxy) is 1. The second kappa shape index (κ2) is 6.73. The van der Waals surface area contributed by atoms with Crippen molar-refractivity contribution in [3.63, 3.8) is 0 Å². The van der Waals surface area contributed by atoms with Crippen LogP contribution in [0.4, 0.5) is 0 Å². The van der Waals surface area contributed by atoms with Crippen LogP contribution in [0.3, 0.4) is 0 Å². The predicted octanol–water partition coefficient (Wildman–Crippen LogP) is 3.84. The number of hydrogen-bond donors (Lipinski definition) is 1. The first-order chi connectivity index (χ1) is 9.88. The van der Waals surface area contributed by atoms with Crippen molar-refractivity contribution < 1.29 is 9.53 Å². The highest BCUT2D eigenvalue weighted by Crippen LogP contribution is 2.37. The Morgan fingerprint density at radius 3 is 1.86 bits per heavy atom. The summed E-state index contributed by atoms with van der Waals surface area (Å²) in [5.41, 5.74) is 5.60. The van der Waals surface area contributed by atoms with Gasteiger partial charge in [0.05, 0.1) is 5.92 Å². The van der Waals surface area contributed by atoms with Crippen molar-refractivity contribution in [2.45, 2.75) is 45.8 Å². The van der Waals surface area contributed by atoms with Gasteiger partial charge in [-0.2, -0.15) is 0 Å². The molecule has 0 amide bonds. The Morgan fingerprint density at radius 1 is 1.05 bits per heavy atom. The molecule has 0 saturated carbocycles. The fourth-order valence-electron chi connectivity index (χ4n) is 2.20. The number of rotatable bonds is 5. The average molecular weight is 323 g/mol. The van der Waals surface area contributed by atoms with E-state index in [0.717, 1.165) is 0 Å². The van der Waals surface area contributed by atoms with Gasteiger partial charge in [0.1, 0.15) is 12.1 Å². The van der Waals surface area contributed by atoms with Crippen LogP contribution in [0.5, 0.6) is 0 Å². The van der Waals surface area contributed by atoms with Gasteiger partial charge in [0, 0.05) is 19.5 Å². The van der Waals surface area contributed by atoms with E-state index in [1.165, 1.54) is 19.5 Å². The third kappa shape index (κ3) is 3.93. The van der Waals surface area contributed by atoms with Crippen molar-refractivity contribution in [3.8, 4) is 0 Å². The van der Waals surface area contributed by atoms with Crippen molar-refractivity contribution in [1.82, 2.24) is 0 Å². The molecule has 2 heterocycles. The molecular weight excluding hydrogens is 302 g/mol. The third-order valence-corrected chi connectivity index (χ3v) is 5.45. The molecule has 2 aromatic rings. The molecule has 0 fully saturated rings. The van der Waals surface area contributed by atoms with Gasteiger partial charge in [0.25, 0.3) is 0 Å². The quantitative estimate of drug-likeness (QED) is 0.851. The zero-order chi connectivity index (χ0) is 15.6. The van der Waals surface area contributed by atoms with E-state index in [0.29, 0.717) is 0 Å². The van der Waals surface area contributed by atoms with Crippen LogP contribution in [0.1, 0.15) is 39.3 Å². The van der Waals surface area contributed by atoms with Crippen LogP contribution in [-0.2, 0) is 9.53 Å². The molecule has 2 rings (SSSR count). The molecule has 2 N–H and O–H groups in total. The van der Waals surface area contributed by atoms with Gasteiger partial charge in [0.15, 0.2) is 0 Å². The summed E-state index contributed by atoms with van der Waals surface area (Å²) in [6, 6.07) is 7.86. The molecule has 0 spiro atoms. The molecule has 0 aliphatic heterocycles. The largest absolute Gasteiger partial charge is 0.460 e. The minimum atomic E-state index is -0.594. The lowest BCUT2D eigenvalue weighted by atomic mass is 9.99. The second-order valence-corrected chi connectivity index (χ2v) is 7.94. The predicted molar refractivity (Wildman–Crippen MR) is 89.2 cm³/mol. The molecule has 0 saturated heterocycles. The van der Waals surface area contributed by atoms with Crippen LogP contribution in [0.15, 0.2) is 24.3 Å². The summed E-state index contributed by atoms with van der Waals surface area (Å²) in [5.74, 6) is -0.279. The molecule has 0 aromatic carbocycles. The van der Waals surface area contributed by atoms with Gasteiger partial charge in [-0.1, -0.05) is 0 Å². The Balaban J connectivity index is 2.30. The van der Waals surface area contributed by atoms with E-state index in [1.54, 1.807) is 29.6 Å². The topological polar surface area (TPSA) is 52.3 Å². The molecule has 0 radical (unpaired) electrons. The first kappa shape index (κ1) is 16.2. The van der Waals surface area contributed by atoms with E-state index in [4.69, 9.17) is 10.5 Å². The van der Waals surface area contributed by atoms with Gasteiger partial charge in [-0.15, -0.1) is 22.7 Å². The van der Waals surface area contributed by atoms with Crippen molar-refractivity contribution in [3.05, 3.63) is 43.8 Å². The summed E-state index contributed by atoms with van der Waals surface area (Å²) < 4.78 is 5.55. The normalized spacial score (nSPS) is 14.2. The maximum absolute atomic E-state index is 11.8. The highest BCUT2D eigenvalue weighted by Gasteiger charge is 2.28. The summed E-state index contributed by atoms with van der Waals surface area (Å²) in [6.45, 7) is 7.76. The van der Waals surface area contributed by atoms with Crippen molar-refractivity contribution in [1.29, 1.82) is 0 Å². The zero-order valence-corrected chi connectivity index (χ0v) is 14.4. The molecule has 0 bridgehead atoms. The van der Waals surface area contributed by atoms with E-state index >= 15 is 0 Å². The minimum absolute atomic E-state index is 0.0742. The van der Waals surface area contributed by atoms with Crippen LogP contribution in [0, 0.1) is 13.8 Å². The summed E-state index contributed by atoms with van der Waals surface area (Å²) >= 11 is 3.50. The molecule has 0 aliphatic rings. The smallest absolute Gasteiger partial charge is 0.322 e. The Kier molecular flexibility index (Phi) is 5.19. The molecule has 0 aliphatic carbocycles. The van der Waals surface area contributed by atoms with Gasteiger partial charge in [0.2, 0.25) is 0 Å². The molecule has 5 heteroatoms. The third-order valence-electron chi connectivity index (χ3n) is 3.28. The molecule has 0 unspecified atom stereocenters. The van der Waals surface area contributed by atoms with Gasteiger partial charge in [-0.25, -0.2) is 0 Å². The van der Waals surface area contributed by atoms with Crippen molar-refractivity contribution >= 4 is 28.6 Å². The van der Waals surface area contributed by atoms with Crippen molar-refractivity contribution in [2.75, 3.05) is 0 Å². The summed E-state index contributed by atoms with van der Waals surface area (Å²) in [5, 5.41) is 0. The Hall–Kier alpha value is -1.17. The SMILES string of the molecule is Cc1ccc(C(c2ccc(C)s2)[C@H](C)OC(=O)[C@H](C)N)s1. The first-order valence-electron chi connectivity index (χ1n) is 6.97. The van der Waals surface area contributed by atoms with Gasteiger partial charge in [-0.05, 0) is 52.0 Å². The van der Waals surface area contributed by atoms with E-state index in [2.05, 4.69) is 38.1 Å². The van der Waals surface area contributed by atoms with E-state index in [-0.39, 0.29) is 18.0 Å². The molecule has 2 aromatic heterocycles. The number of carbonyl (C=O) groups excluding carboxylic acids is 1. The number of thiophene rings is 2. The zero-order valence-electron chi connectivity index (χ0n) is 12.8. The van der Waals surface area contributed by atoms with Crippen LogP contribution in [0.2, 0.25) is 0 Å². The van der Waals surface area contributed by atoms with Gasteiger partial charge < -0.3 is 10.5 Å². The van der Waals surface area contributed by atoms with E-state index in [1.807, 2.05) is 6.92 Å². The van der Waals surface area contributed by atoms with Crippen LogP contribution in [0.25, 0.3) is 0 Å². The highest BCUT2D eigenvalue weighted by atomic mass is 32.1. The summed E-state index contributed by atoms with van der Waals surface area (Å²) in [7, 11) is 0. The van der Waals surface area contributed by atoms with Gasteiger partial charge in [-0.3, -0.25) is 4.79 Å². The fourth-order valence-corrected chi connectivity index (χ4v) is 4.46. The maximum atomic E-state index is 11.8. The van der Waals surface area contributed by atoms with Crippen LogP contribution >= 0.6 is 22.7 Å². The maximum Gasteiger partial charge on any atom is 0.322 e. The minimum Gasteiger partial charge on any atom is -0.460 e. The number of carbonyl (C=O) groups is 1. The number of aryl methyl sites for hydroxylation is 2. The van der Waals surface area contributed by atoms with E-state index < -0.39 is 6.04 Å². The molecule has 3 nitrogen and oxygen atoms in total. The average Bonchev–Trinajstić information content (AvgIpc) is 2.99. The van der Waals surface area contributed by atoms with Crippen LogP contribution < -0.4 is 5.73 Å². The number of nitrogens with two attached hydrogens (primary N) is 1. The van der Waals surface area contributed by atoms with Crippen LogP contribution in [-0.4, -0.2) is 18.1 Å². The second-order valence-electron chi connectivity index (χ2n) is 5.31. The highest BCUT2D eigenvalue weighted by molar-refractivity contribution is 7.13. The number of hydrogen-bond acceptors (Lipinski definition) is 5. The molecular formula is C16H21NO2S2. The van der Waals surface area contributed by atoms with Gasteiger partial charge >= 0.3 is 5.97 Å². The van der Waals surface area contributed by atoms with Crippen molar-refractivity contribution in [2.24, 2.45) is 5.73 Å². The Bertz CT molecular complexity index is 575. The molecule has 21 heavy (non-hydrogen) atoms. The Labute approximate surface area is 133 Å². The lowest BCUT2D eigenvalue weighted by Crippen LogP contribution is -2.33. The standard InChI is InChI=1S/C16H21NO2S2/c1-9-5-7-13(20-9)15(14-8-6-10(2)21-14)12(4)19-16(18)11(3)17/h5-8,11-12,15H,17H2,1-4H3/t11-,12-/m0/s1. The lowest BCUT2D eigenvalue weighted by molar-refractivity contribution is -0.149. The lowest BCUT2D eigenvalue weighted by Gasteiger charge is -2.23. The summed E-state index contributed by atoms with van der Waals surface area (Å²) in [4.78, 5) is 16.8. The molecule has 114 valence electrons. The first-order valence-corrected chi connectivity index (χ1v) is 8.60. The fraction of sp³-hybridized carbons (Fsp3) is 0.438. The molecule has 2 atom stereocenters.